The Morgan fingerprint density at radius 2 is 1.41 bits per heavy atom. The van der Waals surface area contributed by atoms with Crippen molar-refractivity contribution in [3.8, 4) is 11.3 Å². The molecule has 0 unspecified atom stereocenters. The maximum Gasteiger partial charge on any atom is 0.394 e. The molecule has 0 aliphatic rings. The van der Waals surface area contributed by atoms with Crippen molar-refractivity contribution < 1.29 is 17.6 Å². The third kappa shape index (κ3) is 5.13. The van der Waals surface area contributed by atoms with Gasteiger partial charge in [-0.1, -0.05) is 57.9 Å². The van der Waals surface area contributed by atoms with Gasteiger partial charge in [0.15, 0.2) is 0 Å². The lowest BCUT2D eigenvalue weighted by Crippen LogP contribution is -2.34. The first-order valence-corrected chi connectivity index (χ1v) is 10.8. The van der Waals surface area contributed by atoms with Crippen LogP contribution in [-0.2, 0) is 12.8 Å². The van der Waals surface area contributed by atoms with Gasteiger partial charge in [-0.25, -0.2) is 9.37 Å². The summed E-state index contributed by atoms with van der Waals surface area (Å²) in [6.07, 6.45) is -4.47. The Hall–Kier alpha value is -2.43. The van der Waals surface area contributed by atoms with Crippen LogP contribution in [0.2, 0.25) is 0 Å². The first-order valence-electron chi connectivity index (χ1n) is 10.8. The predicted molar refractivity (Wildman–Crippen MR) is 123 cm³/mol. The van der Waals surface area contributed by atoms with Crippen LogP contribution in [0.3, 0.4) is 0 Å². The maximum atomic E-state index is 15.6. The molecule has 0 atom stereocenters. The Morgan fingerprint density at radius 3 is 1.94 bits per heavy atom. The quantitative estimate of drug-likeness (QED) is 0.368. The third-order valence-electron chi connectivity index (χ3n) is 5.73. The van der Waals surface area contributed by atoms with E-state index in [9.17, 15) is 13.2 Å². The molecule has 2 aromatic carbocycles. The summed E-state index contributed by atoms with van der Waals surface area (Å²) in [6, 6.07) is 11.3. The van der Waals surface area contributed by atoms with E-state index in [0.29, 0.717) is 22.9 Å². The van der Waals surface area contributed by atoms with Crippen molar-refractivity contribution >= 4 is 10.9 Å². The number of nitrogens with zero attached hydrogens (tertiary/aromatic N) is 1. The third-order valence-corrected chi connectivity index (χ3v) is 5.73. The number of hydrogen-bond acceptors (Lipinski definition) is 1. The zero-order valence-electron chi connectivity index (χ0n) is 19.8. The Balaban J connectivity index is 2.24. The van der Waals surface area contributed by atoms with Crippen LogP contribution in [0, 0.1) is 30.5 Å². The van der Waals surface area contributed by atoms with Crippen molar-refractivity contribution in [1.29, 1.82) is 0 Å². The lowest BCUT2D eigenvalue weighted by molar-refractivity contribution is -0.211. The van der Waals surface area contributed by atoms with Crippen molar-refractivity contribution in [2.45, 2.75) is 67.5 Å². The molecule has 5 heteroatoms. The summed E-state index contributed by atoms with van der Waals surface area (Å²) in [7, 11) is 0. The summed E-state index contributed by atoms with van der Waals surface area (Å²) in [5.41, 5.74) is 2.58. The summed E-state index contributed by atoms with van der Waals surface area (Å²) in [6.45, 7) is 12.2. The molecule has 1 aromatic heterocycles. The number of pyridine rings is 1. The Kier molecular flexibility index (Phi) is 6.18. The monoisotopic (exact) mass is 445 g/mol. The van der Waals surface area contributed by atoms with E-state index in [1.165, 1.54) is 6.07 Å². The lowest BCUT2D eigenvalue weighted by atomic mass is 9.81. The molecule has 172 valence electrons. The molecule has 3 aromatic rings. The minimum absolute atomic E-state index is 0.0594. The van der Waals surface area contributed by atoms with Crippen LogP contribution in [0.15, 0.2) is 36.4 Å². The standard InChI is InChI=1S/C27H31F4N/c1-16-10-17(2)12-18(11-16)22-9-8-20-21(15-25(3,4)5)24(28)19(13-23(20)32-22)14-26(6,7)27(29,30)31/h8-13H,14-15H2,1-7H3. The lowest BCUT2D eigenvalue weighted by Gasteiger charge is -2.29. The Bertz CT molecular complexity index is 1130. The summed E-state index contributed by atoms with van der Waals surface area (Å²) >= 11 is 0. The van der Waals surface area contributed by atoms with Gasteiger partial charge in [-0.2, -0.15) is 13.2 Å². The second kappa shape index (κ2) is 8.17. The first-order chi connectivity index (χ1) is 14.6. The van der Waals surface area contributed by atoms with Crippen LogP contribution in [0.1, 0.15) is 56.9 Å². The molecule has 0 N–H and O–H groups in total. The van der Waals surface area contributed by atoms with E-state index < -0.39 is 23.8 Å². The molecular formula is C27H31F4N. The van der Waals surface area contributed by atoms with Gasteiger partial charge in [-0.05, 0) is 67.5 Å². The van der Waals surface area contributed by atoms with Gasteiger partial charge in [0.05, 0.1) is 16.6 Å². The highest BCUT2D eigenvalue weighted by molar-refractivity contribution is 5.86. The SMILES string of the molecule is Cc1cc(C)cc(-c2ccc3c(CC(C)(C)C)c(F)c(CC(C)(C)C(F)(F)F)cc3n2)c1. The highest BCUT2D eigenvalue weighted by Gasteiger charge is 2.47. The van der Waals surface area contributed by atoms with Crippen LogP contribution >= 0.6 is 0 Å². The Morgan fingerprint density at radius 1 is 0.812 bits per heavy atom. The van der Waals surface area contributed by atoms with Crippen molar-refractivity contribution in [3.63, 3.8) is 0 Å². The molecular weight excluding hydrogens is 414 g/mol. The fourth-order valence-corrected chi connectivity index (χ4v) is 4.07. The molecule has 0 aliphatic carbocycles. The predicted octanol–water partition coefficient (Wildman–Crippen LogP) is 8.38. The van der Waals surface area contributed by atoms with Crippen LogP contribution in [0.4, 0.5) is 17.6 Å². The number of aryl methyl sites for hydroxylation is 2. The molecule has 1 nitrogen and oxygen atoms in total. The number of fused-ring (bicyclic) bond motifs is 1. The van der Waals surface area contributed by atoms with E-state index in [1.54, 1.807) is 0 Å². The van der Waals surface area contributed by atoms with Gasteiger partial charge in [-0.3, -0.25) is 0 Å². The number of alkyl halides is 3. The van der Waals surface area contributed by atoms with Gasteiger partial charge in [-0.15, -0.1) is 0 Å². The second-order valence-corrected chi connectivity index (χ2v) is 10.8. The fourth-order valence-electron chi connectivity index (χ4n) is 4.07. The molecule has 0 spiro atoms. The van der Waals surface area contributed by atoms with Crippen molar-refractivity contribution in [2.75, 3.05) is 0 Å². The van der Waals surface area contributed by atoms with Crippen LogP contribution < -0.4 is 0 Å². The molecule has 32 heavy (non-hydrogen) atoms. The average molecular weight is 446 g/mol. The molecule has 0 amide bonds. The molecule has 1 heterocycles. The van der Waals surface area contributed by atoms with E-state index in [-0.39, 0.29) is 11.0 Å². The minimum Gasteiger partial charge on any atom is -0.248 e. The van der Waals surface area contributed by atoms with Gasteiger partial charge >= 0.3 is 6.18 Å². The van der Waals surface area contributed by atoms with E-state index in [4.69, 9.17) is 4.98 Å². The van der Waals surface area contributed by atoms with E-state index >= 15 is 4.39 Å². The largest absolute Gasteiger partial charge is 0.394 e. The molecule has 3 rings (SSSR count). The van der Waals surface area contributed by atoms with Crippen LogP contribution in [0.5, 0.6) is 0 Å². The highest BCUT2D eigenvalue weighted by atomic mass is 19.4. The average Bonchev–Trinajstić information content (AvgIpc) is 2.62. The van der Waals surface area contributed by atoms with Gasteiger partial charge in [0.2, 0.25) is 0 Å². The molecule has 0 aliphatic heterocycles. The van der Waals surface area contributed by atoms with Gasteiger partial charge in [0, 0.05) is 10.9 Å². The van der Waals surface area contributed by atoms with Gasteiger partial charge in [0.1, 0.15) is 5.82 Å². The molecule has 0 saturated carbocycles. The maximum absolute atomic E-state index is 15.6. The summed E-state index contributed by atoms with van der Waals surface area (Å²) in [5.74, 6) is -0.550. The van der Waals surface area contributed by atoms with Gasteiger partial charge < -0.3 is 0 Å². The Labute approximate surface area is 187 Å². The van der Waals surface area contributed by atoms with E-state index in [2.05, 4.69) is 6.07 Å². The normalized spacial score (nSPS) is 13.1. The number of halogens is 4. The number of aromatic nitrogens is 1. The summed E-state index contributed by atoms with van der Waals surface area (Å²) in [5, 5.41) is 0.652. The molecule has 0 fully saturated rings. The first kappa shape index (κ1) is 24.2. The van der Waals surface area contributed by atoms with Crippen LogP contribution in [0.25, 0.3) is 22.2 Å². The minimum atomic E-state index is -4.44. The van der Waals surface area contributed by atoms with Crippen molar-refractivity contribution in [1.82, 2.24) is 4.98 Å². The molecule has 0 radical (unpaired) electrons. The molecule has 0 saturated heterocycles. The van der Waals surface area contributed by atoms with Crippen molar-refractivity contribution in [2.24, 2.45) is 10.8 Å². The topological polar surface area (TPSA) is 12.9 Å². The fraction of sp³-hybridized carbons (Fsp3) is 0.444. The summed E-state index contributed by atoms with van der Waals surface area (Å²) in [4.78, 5) is 4.76. The zero-order valence-corrected chi connectivity index (χ0v) is 19.8. The zero-order chi connectivity index (χ0) is 24.1. The van der Waals surface area contributed by atoms with E-state index in [0.717, 1.165) is 36.2 Å². The van der Waals surface area contributed by atoms with Gasteiger partial charge in [0.25, 0.3) is 0 Å². The number of rotatable bonds is 4. The number of hydrogen-bond donors (Lipinski definition) is 0. The summed E-state index contributed by atoms with van der Waals surface area (Å²) < 4.78 is 56.3. The van der Waals surface area contributed by atoms with Crippen molar-refractivity contribution in [3.05, 3.63) is 64.5 Å². The number of benzene rings is 2. The second-order valence-electron chi connectivity index (χ2n) is 10.8. The highest BCUT2D eigenvalue weighted by Crippen LogP contribution is 2.42. The van der Waals surface area contributed by atoms with E-state index in [1.807, 2.05) is 58.9 Å². The molecule has 0 bridgehead atoms. The smallest absolute Gasteiger partial charge is 0.248 e. The van der Waals surface area contributed by atoms with Crippen LogP contribution in [-0.4, -0.2) is 11.2 Å².